The number of aryl methyl sites for hydroxylation is 1. The lowest BCUT2D eigenvalue weighted by molar-refractivity contribution is -0.128. The minimum absolute atomic E-state index is 0.0447. The van der Waals surface area contributed by atoms with Gasteiger partial charge >= 0.3 is 0 Å². The van der Waals surface area contributed by atoms with Gasteiger partial charge in [0.15, 0.2) is 0 Å². The molecule has 0 bridgehead atoms. The SMILES string of the molecule is Cc1cnc(C(=O)NC2CC(=O)N(Cc3cccc4ccccc34)C2)cn1. The maximum absolute atomic E-state index is 12.4. The topological polar surface area (TPSA) is 75.2 Å². The molecule has 1 aliphatic rings. The van der Waals surface area contributed by atoms with Gasteiger partial charge in [0.1, 0.15) is 5.69 Å². The van der Waals surface area contributed by atoms with Crippen molar-refractivity contribution in [1.29, 1.82) is 0 Å². The van der Waals surface area contributed by atoms with Crippen molar-refractivity contribution in [1.82, 2.24) is 20.2 Å². The van der Waals surface area contributed by atoms with E-state index in [2.05, 4.69) is 33.5 Å². The van der Waals surface area contributed by atoms with E-state index in [9.17, 15) is 9.59 Å². The molecule has 1 atom stereocenters. The first-order valence-electron chi connectivity index (χ1n) is 8.94. The molecule has 6 nitrogen and oxygen atoms in total. The van der Waals surface area contributed by atoms with Gasteiger partial charge in [0.25, 0.3) is 5.91 Å². The summed E-state index contributed by atoms with van der Waals surface area (Å²) < 4.78 is 0. The number of fused-ring (bicyclic) bond motifs is 1. The van der Waals surface area contributed by atoms with Crippen molar-refractivity contribution >= 4 is 22.6 Å². The zero-order chi connectivity index (χ0) is 18.8. The van der Waals surface area contributed by atoms with E-state index in [1.165, 1.54) is 6.20 Å². The molecule has 2 heterocycles. The van der Waals surface area contributed by atoms with Crippen LogP contribution in [0.3, 0.4) is 0 Å². The van der Waals surface area contributed by atoms with E-state index in [0.29, 0.717) is 19.5 Å². The number of benzene rings is 2. The van der Waals surface area contributed by atoms with Crippen LogP contribution in [-0.2, 0) is 11.3 Å². The predicted molar refractivity (Wildman–Crippen MR) is 102 cm³/mol. The molecule has 136 valence electrons. The van der Waals surface area contributed by atoms with E-state index in [4.69, 9.17) is 0 Å². The predicted octanol–water partition coefficient (Wildman–Crippen LogP) is 2.47. The van der Waals surface area contributed by atoms with Gasteiger partial charge in [-0.25, -0.2) is 4.98 Å². The average Bonchev–Trinajstić information content (AvgIpc) is 3.01. The van der Waals surface area contributed by atoms with Crippen LogP contribution < -0.4 is 5.32 Å². The minimum atomic E-state index is -0.299. The molecule has 2 amide bonds. The highest BCUT2D eigenvalue weighted by molar-refractivity contribution is 5.93. The number of hydrogen-bond donors (Lipinski definition) is 1. The van der Waals surface area contributed by atoms with Crippen molar-refractivity contribution in [3.63, 3.8) is 0 Å². The third-order valence-corrected chi connectivity index (χ3v) is 4.80. The Kier molecular flexibility index (Phi) is 4.54. The second-order valence-electron chi connectivity index (χ2n) is 6.83. The van der Waals surface area contributed by atoms with Crippen molar-refractivity contribution < 1.29 is 9.59 Å². The first-order chi connectivity index (χ1) is 13.1. The van der Waals surface area contributed by atoms with E-state index in [1.54, 1.807) is 11.1 Å². The van der Waals surface area contributed by atoms with Crippen LogP contribution in [0.2, 0.25) is 0 Å². The summed E-state index contributed by atoms with van der Waals surface area (Å²) in [6.45, 7) is 2.85. The number of rotatable bonds is 4. The molecule has 1 saturated heterocycles. The van der Waals surface area contributed by atoms with Crippen molar-refractivity contribution in [2.45, 2.75) is 25.9 Å². The Labute approximate surface area is 157 Å². The van der Waals surface area contributed by atoms with Gasteiger partial charge in [-0.3, -0.25) is 14.6 Å². The summed E-state index contributed by atoms with van der Waals surface area (Å²) in [6, 6.07) is 14.0. The Bertz CT molecular complexity index is 995. The fraction of sp³-hybridized carbons (Fsp3) is 0.238. The molecular weight excluding hydrogens is 340 g/mol. The summed E-state index contributed by atoms with van der Waals surface area (Å²) in [7, 11) is 0. The van der Waals surface area contributed by atoms with E-state index >= 15 is 0 Å². The second kappa shape index (κ2) is 7.15. The number of carbonyl (C=O) groups excluding carboxylic acids is 2. The fourth-order valence-electron chi connectivity index (χ4n) is 3.43. The van der Waals surface area contributed by atoms with Crippen molar-refractivity contribution in [3.05, 3.63) is 71.8 Å². The number of nitrogens with one attached hydrogen (secondary N) is 1. The van der Waals surface area contributed by atoms with Gasteiger partial charge in [-0.1, -0.05) is 42.5 Å². The maximum atomic E-state index is 12.4. The molecule has 1 unspecified atom stereocenters. The summed E-state index contributed by atoms with van der Waals surface area (Å²) >= 11 is 0. The number of amides is 2. The highest BCUT2D eigenvalue weighted by atomic mass is 16.2. The summed E-state index contributed by atoms with van der Waals surface area (Å²) in [5.74, 6) is -0.254. The van der Waals surface area contributed by atoms with Crippen LogP contribution in [0.5, 0.6) is 0 Å². The van der Waals surface area contributed by atoms with Gasteiger partial charge in [-0.05, 0) is 23.3 Å². The largest absolute Gasteiger partial charge is 0.346 e. The Hall–Kier alpha value is -3.28. The standard InChI is InChI=1S/C21H20N4O2/c1-14-10-23-19(11-22-14)21(27)24-17-9-20(26)25(13-17)12-16-7-4-6-15-5-2-3-8-18(15)16/h2-8,10-11,17H,9,12-13H2,1H3,(H,24,27). The van der Waals surface area contributed by atoms with Crippen LogP contribution in [-0.4, -0.2) is 39.3 Å². The van der Waals surface area contributed by atoms with Crippen LogP contribution in [0, 0.1) is 6.92 Å². The molecule has 1 fully saturated rings. The van der Waals surface area contributed by atoms with Crippen LogP contribution in [0.25, 0.3) is 10.8 Å². The first kappa shape index (κ1) is 17.1. The van der Waals surface area contributed by atoms with Gasteiger partial charge in [0.05, 0.1) is 17.9 Å². The van der Waals surface area contributed by atoms with Crippen LogP contribution in [0.1, 0.15) is 28.2 Å². The molecule has 27 heavy (non-hydrogen) atoms. The lowest BCUT2D eigenvalue weighted by Gasteiger charge is -2.18. The third kappa shape index (κ3) is 3.65. The maximum Gasteiger partial charge on any atom is 0.271 e. The summed E-state index contributed by atoms with van der Waals surface area (Å²) in [6.07, 6.45) is 3.31. The van der Waals surface area contributed by atoms with Crippen molar-refractivity contribution in [2.24, 2.45) is 0 Å². The quantitative estimate of drug-likeness (QED) is 0.776. The minimum Gasteiger partial charge on any atom is -0.346 e. The highest BCUT2D eigenvalue weighted by Gasteiger charge is 2.31. The molecule has 0 aliphatic carbocycles. The Balaban J connectivity index is 1.44. The van der Waals surface area contributed by atoms with Gasteiger partial charge in [0.2, 0.25) is 5.91 Å². The third-order valence-electron chi connectivity index (χ3n) is 4.80. The lowest BCUT2D eigenvalue weighted by atomic mass is 10.0. The Morgan fingerprint density at radius 1 is 1.15 bits per heavy atom. The monoisotopic (exact) mass is 360 g/mol. The molecule has 0 spiro atoms. The zero-order valence-electron chi connectivity index (χ0n) is 15.1. The molecular formula is C21H20N4O2. The Morgan fingerprint density at radius 3 is 2.78 bits per heavy atom. The number of carbonyl (C=O) groups is 2. The summed E-state index contributed by atoms with van der Waals surface area (Å²) in [5.41, 5.74) is 2.13. The molecule has 6 heteroatoms. The highest BCUT2D eigenvalue weighted by Crippen LogP contribution is 2.22. The molecule has 2 aromatic carbocycles. The summed E-state index contributed by atoms with van der Waals surface area (Å²) in [4.78, 5) is 34.7. The smallest absolute Gasteiger partial charge is 0.271 e. The number of hydrogen-bond acceptors (Lipinski definition) is 4. The second-order valence-corrected chi connectivity index (χ2v) is 6.83. The van der Waals surface area contributed by atoms with E-state index < -0.39 is 0 Å². The molecule has 3 aromatic rings. The molecule has 1 N–H and O–H groups in total. The first-order valence-corrected chi connectivity index (χ1v) is 8.94. The molecule has 0 saturated carbocycles. The van der Waals surface area contributed by atoms with Gasteiger partial charge in [-0.15, -0.1) is 0 Å². The van der Waals surface area contributed by atoms with Crippen LogP contribution >= 0.6 is 0 Å². The normalized spacial score (nSPS) is 16.7. The molecule has 1 aliphatic heterocycles. The van der Waals surface area contributed by atoms with Gasteiger partial charge in [0, 0.05) is 25.7 Å². The van der Waals surface area contributed by atoms with E-state index in [-0.39, 0.29) is 23.6 Å². The average molecular weight is 360 g/mol. The molecule has 4 rings (SSSR count). The van der Waals surface area contributed by atoms with Crippen LogP contribution in [0.15, 0.2) is 54.9 Å². The number of aromatic nitrogens is 2. The van der Waals surface area contributed by atoms with Gasteiger partial charge in [-0.2, -0.15) is 0 Å². The van der Waals surface area contributed by atoms with Crippen molar-refractivity contribution in [2.75, 3.05) is 6.54 Å². The molecule has 1 aromatic heterocycles. The Morgan fingerprint density at radius 2 is 1.96 bits per heavy atom. The lowest BCUT2D eigenvalue weighted by Crippen LogP contribution is -2.37. The van der Waals surface area contributed by atoms with E-state index in [0.717, 1.165) is 22.0 Å². The summed E-state index contributed by atoms with van der Waals surface area (Å²) in [5, 5.41) is 5.20. The number of likely N-dealkylation sites (tertiary alicyclic amines) is 1. The van der Waals surface area contributed by atoms with E-state index in [1.807, 2.05) is 31.2 Å². The zero-order valence-corrected chi connectivity index (χ0v) is 15.1. The number of nitrogens with zero attached hydrogens (tertiary/aromatic N) is 3. The van der Waals surface area contributed by atoms with Crippen molar-refractivity contribution in [3.8, 4) is 0 Å². The van der Waals surface area contributed by atoms with Crippen LogP contribution in [0.4, 0.5) is 0 Å². The molecule has 0 radical (unpaired) electrons. The fourth-order valence-corrected chi connectivity index (χ4v) is 3.43. The van der Waals surface area contributed by atoms with Gasteiger partial charge < -0.3 is 10.2 Å².